The van der Waals surface area contributed by atoms with E-state index in [1.54, 1.807) is 11.3 Å². The average molecular weight is 369 g/mol. The lowest BCUT2D eigenvalue weighted by Crippen LogP contribution is -2.38. The van der Waals surface area contributed by atoms with Crippen LogP contribution in [0.25, 0.3) is 11.3 Å². The number of rotatable bonds is 6. The molecule has 0 saturated heterocycles. The van der Waals surface area contributed by atoms with Crippen LogP contribution in [-0.2, 0) is 13.1 Å². The summed E-state index contributed by atoms with van der Waals surface area (Å²) in [5.74, 6) is 1.69. The molecule has 6 nitrogen and oxygen atoms in total. The summed E-state index contributed by atoms with van der Waals surface area (Å²) in [5, 5.41) is 6.50. The van der Waals surface area contributed by atoms with E-state index in [1.807, 2.05) is 38.4 Å². The van der Waals surface area contributed by atoms with Crippen molar-refractivity contribution in [2.24, 2.45) is 4.99 Å². The number of thiazole rings is 1. The van der Waals surface area contributed by atoms with Gasteiger partial charge in [-0.25, -0.2) is 15.0 Å². The molecule has 1 aromatic carbocycles. The van der Waals surface area contributed by atoms with Crippen LogP contribution < -0.4 is 5.32 Å². The quantitative estimate of drug-likeness (QED) is 0.517. The minimum absolute atomic E-state index is 0.496. The number of benzene rings is 1. The van der Waals surface area contributed by atoms with Gasteiger partial charge in [0.25, 0.3) is 0 Å². The summed E-state index contributed by atoms with van der Waals surface area (Å²) < 4.78 is 0. The van der Waals surface area contributed by atoms with Crippen LogP contribution in [0.5, 0.6) is 0 Å². The molecule has 0 unspecified atom stereocenters. The second kappa shape index (κ2) is 8.62. The summed E-state index contributed by atoms with van der Waals surface area (Å²) in [6, 6.07) is 10.2. The maximum atomic E-state index is 4.71. The Labute approximate surface area is 158 Å². The van der Waals surface area contributed by atoms with Gasteiger partial charge in [-0.3, -0.25) is 0 Å². The van der Waals surface area contributed by atoms with E-state index in [4.69, 9.17) is 4.99 Å². The smallest absolute Gasteiger partial charge is 0.194 e. The zero-order valence-corrected chi connectivity index (χ0v) is 16.2. The summed E-state index contributed by atoms with van der Waals surface area (Å²) in [5.41, 5.74) is 3.19. The van der Waals surface area contributed by atoms with Crippen molar-refractivity contribution in [2.75, 3.05) is 13.6 Å². The van der Waals surface area contributed by atoms with Crippen molar-refractivity contribution in [1.82, 2.24) is 25.2 Å². The van der Waals surface area contributed by atoms with Gasteiger partial charge in [-0.15, -0.1) is 11.3 Å². The molecule has 0 fully saturated rings. The predicted octanol–water partition coefficient (Wildman–Crippen LogP) is 3.44. The Kier molecular flexibility index (Phi) is 6.01. The van der Waals surface area contributed by atoms with E-state index >= 15 is 0 Å². The van der Waals surface area contributed by atoms with Crippen LogP contribution in [0.1, 0.15) is 23.4 Å². The maximum Gasteiger partial charge on any atom is 0.194 e. The molecular weight excluding hydrogens is 344 g/mol. The highest BCUT2D eigenvalue weighted by Gasteiger charge is 2.09. The van der Waals surface area contributed by atoms with E-state index in [0.717, 1.165) is 46.8 Å². The Hall–Kier alpha value is -2.67. The molecule has 0 aliphatic rings. The first-order valence-corrected chi connectivity index (χ1v) is 9.53. The third-order valence-electron chi connectivity index (χ3n) is 3.85. The molecule has 0 amide bonds. The van der Waals surface area contributed by atoms with Gasteiger partial charge in [0, 0.05) is 19.0 Å². The van der Waals surface area contributed by atoms with Gasteiger partial charge in [0.1, 0.15) is 12.4 Å². The van der Waals surface area contributed by atoms with Crippen molar-refractivity contribution < 1.29 is 0 Å². The van der Waals surface area contributed by atoms with Gasteiger partial charge in [0.05, 0.1) is 29.1 Å². The zero-order valence-electron chi connectivity index (χ0n) is 15.4. The molecule has 0 aliphatic carbocycles. The van der Waals surface area contributed by atoms with Gasteiger partial charge in [0.15, 0.2) is 5.96 Å². The molecule has 0 aliphatic heterocycles. The summed E-state index contributed by atoms with van der Waals surface area (Å²) in [7, 11) is 2.02. The maximum absolute atomic E-state index is 4.71. The Balaban J connectivity index is 1.68. The first-order valence-electron chi connectivity index (χ1n) is 8.65. The minimum Gasteiger partial charge on any atom is -0.357 e. The molecule has 2 aromatic heterocycles. The lowest BCUT2D eigenvalue weighted by atomic mass is 10.2. The van der Waals surface area contributed by atoms with Crippen LogP contribution >= 0.6 is 11.3 Å². The Morgan fingerprint density at radius 1 is 1.31 bits per heavy atom. The van der Waals surface area contributed by atoms with Crippen LogP contribution in [0.15, 0.2) is 46.9 Å². The Bertz CT molecular complexity index is 852. The Morgan fingerprint density at radius 2 is 2.12 bits per heavy atom. The molecule has 0 spiro atoms. The fourth-order valence-electron chi connectivity index (χ4n) is 2.63. The van der Waals surface area contributed by atoms with Crippen molar-refractivity contribution in [3.8, 4) is 11.3 Å². The molecule has 2 N–H and O–H groups in total. The number of nitrogens with zero attached hydrogens (tertiary/aromatic N) is 4. The van der Waals surface area contributed by atoms with E-state index in [2.05, 4.69) is 49.6 Å². The lowest BCUT2D eigenvalue weighted by Gasteiger charge is -2.21. The van der Waals surface area contributed by atoms with Crippen LogP contribution in [0.2, 0.25) is 0 Å². The Morgan fingerprint density at radius 3 is 2.81 bits per heavy atom. The number of aromatic amines is 1. The normalized spacial score (nSPS) is 11.6. The fourth-order valence-corrected chi connectivity index (χ4v) is 3.23. The molecular formula is C19H24N6S. The van der Waals surface area contributed by atoms with Gasteiger partial charge in [-0.2, -0.15) is 0 Å². The first-order chi connectivity index (χ1) is 12.7. The number of guanidine groups is 1. The second-order valence-corrected chi connectivity index (χ2v) is 7.06. The predicted molar refractivity (Wildman–Crippen MR) is 107 cm³/mol. The summed E-state index contributed by atoms with van der Waals surface area (Å²) in [6.07, 6.45) is 1.86. The zero-order chi connectivity index (χ0) is 18.4. The van der Waals surface area contributed by atoms with Gasteiger partial charge in [-0.05, 0) is 19.4 Å². The average Bonchev–Trinajstić information content (AvgIpc) is 3.28. The highest BCUT2D eigenvalue weighted by molar-refractivity contribution is 7.09. The van der Waals surface area contributed by atoms with Crippen LogP contribution in [0, 0.1) is 6.92 Å². The van der Waals surface area contributed by atoms with Crippen molar-refractivity contribution in [3.63, 3.8) is 0 Å². The molecule has 3 aromatic rings. The second-order valence-electron chi connectivity index (χ2n) is 5.99. The molecule has 2 heterocycles. The molecule has 26 heavy (non-hydrogen) atoms. The highest BCUT2D eigenvalue weighted by Crippen LogP contribution is 2.16. The lowest BCUT2D eigenvalue weighted by molar-refractivity contribution is 0.470. The van der Waals surface area contributed by atoms with Gasteiger partial charge < -0.3 is 15.2 Å². The van der Waals surface area contributed by atoms with E-state index < -0.39 is 0 Å². The summed E-state index contributed by atoms with van der Waals surface area (Å²) in [6.45, 7) is 6.12. The molecule has 0 atom stereocenters. The number of hydrogen-bond donors (Lipinski definition) is 2. The van der Waals surface area contributed by atoms with Crippen molar-refractivity contribution >= 4 is 17.3 Å². The van der Waals surface area contributed by atoms with Gasteiger partial charge >= 0.3 is 0 Å². The number of nitrogens with one attached hydrogen (secondary N) is 2. The van der Waals surface area contributed by atoms with Crippen molar-refractivity contribution in [2.45, 2.75) is 26.9 Å². The van der Waals surface area contributed by atoms with Crippen molar-refractivity contribution in [3.05, 3.63) is 58.4 Å². The number of aliphatic imine (C=N–C) groups is 1. The van der Waals surface area contributed by atoms with E-state index in [9.17, 15) is 0 Å². The molecule has 7 heteroatoms. The van der Waals surface area contributed by atoms with Crippen molar-refractivity contribution in [1.29, 1.82) is 0 Å². The number of imidazole rings is 1. The number of H-pyrrole nitrogens is 1. The summed E-state index contributed by atoms with van der Waals surface area (Å²) >= 11 is 1.67. The van der Waals surface area contributed by atoms with E-state index in [0.29, 0.717) is 6.54 Å². The monoisotopic (exact) mass is 368 g/mol. The standard InChI is InChI=1S/C19H24N6S/c1-4-20-19(25(3)12-16-13-26-14(2)23-16)22-11-18-21-10-17(24-18)15-8-6-5-7-9-15/h5-10,13H,4,11-12H2,1-3H3,(H,20,22)(H,21,24). The van der Waals surface area contributed by atoms with E-state index in [-0.39, 0.29) is 0 Å². The topological polar surface area (TPSA) is 69.2 Å². The van der Waals surface area contributed by atoms with Crippen LogP contribution in [0.4, 0.5) is 0 Å². The summed E-state index contributed by atoms with van der Waals surface area (Å²) in [4.78, 5) is 19.1. The molecule has 136 valence electrons. The first kappa shape index (κ1) is 18.1. The third kappa shape index (κ3) is 4.70. The fraction of sp³-hybridized carbons (Fsp3) is 0.316. The SMILES string of the molecule is CCNC(=NCc1ncc(-c2ccccc2)[nH]1)N(C)Cc1csc(C)n1. The molecule has 0 saturated carbocycles. The molecule has 0 radical (unpaired) electrons. The molecule has 3 rings (SSSR count). The number of aromatic nitrogens is 3. The number of hydrogen-bond acceptors (Lipinski definition) is 4. The van der Waals surface area contributed by atoms with Gasteiger partial charge in [0.2, 0.25) is 0 Å². The minimum atomic E-state index is 0.496. The van der Waals surface area contributed by atoms with Crippen LogP contribution in [-0.4, -0.2) is 39.4 Å². The third-order valence-corrected chi connectivity index (χ3v) is 4.68. The largest absolute Gasteiger partial charge is 0.357 e. The number of aryl methyl sites for hydroxylation is 1. The van der Waals surface area contributed by atoms with Crippen LogP contribution in [0.3, 0.4) is 0 Å². The van der Waals surface area contributed by atoms with E-state index in [1.165, 1.54) is 0 Å². The highest BCUT2D eigenvalue weighted by atomic mass is 32.1. The van der Waals surface area contributed by atoms with Gasteiger partial charge in [-0.1, -0.05) is 30.3 Å². The molecule has 0 bridgehead atoms.